The monoisotopic (exact) mass is 622 g/mol. The summed E-state index contributed by atoms with van der Waals surface area (Å²) in [5, 5.41) is 0. The smallest absolute Gasteiger partial charge is 0.254 e. The zero-order valence-corrected chi connectivity index (χ0v) is 28.0. The highest BCUT2D eigenvalue weighted by Crippen LogP contribution is 2.60. The Labute approximate surface area is 270 Å². The Morgan fingerprint density at radius 3 is 2.42 bits per heavy atom. The summed E-state index contributed by atoms with van der Waals surface area (Å²) in [4.78, 5) is 36.7. The van der Waals surface area contributed by atoms with Crippen LogP contribution in [-0.4, -0.2) is 42.4 Å². The van der Waals surface area contributed by atoms with Crippen LogP contribution in [0.25, 0.3) is 11.3 Å². The first kappa shape index (κ1) is 31.0. The molecule has 1 N–H and O–H groups in total. The number of amides is 1. The van der Waals surface area contributed by atoms with Gasteiger partial charge in [-0.15, -0.1) is 0 Å². The Kier molecular flexibility index (Phi) is 8.33. The van der Waals surface area contributed by atoms with Crippen LogP contribution in [0.4, 0.5) is 5.95 Å². The van der Waals surface area contributed by atoms with E-state index in [9.17, 15) is 4.79 Å². The molecule has 6 rings (SSSR count). The summed E-state index contributed by atoms with van der Waals surface area (Å²) < 4.78 is 9.15. The van der Waals surface area contributed by atoms with Crippen LogP contribution in [0.5, 0.6) is 5.75 Å². The first-order valence-corrected chi connectivity index (χ1v) is 16.5. The number of nitrogens with zero attached hydrogens (tertiary/aromatic N) is 5. The second-order valence-electron chi connectivity index (χ2n) is 13.7. The van der Waals surface area contributed by atoms with Crippen molar-refractivity contribution in [1.29, 1.82) is 0 Å². The number of nitrogens with one attached hydrogen (secondary N) is 1. The van der Waals surface area contributed by atoms with Crippen molar-refractivity contribution in [2.45, 2.75) is 90.8 Å². The largest absolute Gasteiger partial charge is 0.488 e. The fraction of sp³-hybridized carbons (Fsp3) is 0.417. The molecule has 1 amide bonds. The molecule has 2 atom stereocenters. The number of aryl methyl sites for hydroxylation is 3. The highest BCUT2D eigenvalue weighted by molar-refractivity contribution is 8.00. The first-order valence-electron chi connectivity index (χ1n) is 15.7. The number of rotatable bonds is 5. The molecule has 4 bridgehead atoms. The van der Waals surface area contributed by atoms with Gasteiger partial charge in [-0.1, -0.05) is 45.0 Å². The van der Waals surface area contributed by atoms with Gasteiger partial charge in [0.1, 0.15) is 5.82 Å². The molecule has 0 saturated heterocycles. The Hall–Kier alpha value is -3.98. The van der Waals surface area contributed by atoms with E-state index >= 15 is 0 Å². The maximum atomic E-state index is 14.5. The molecule has 1 fully saturated rings. The van der Waals surface area contributed by atoms with E-state index in [0.29, 0.717) is 42.0 Å². The van der Waals surface area contributed by atoms with Crippen LogP contribution in [0.2, 0.25) is 0 Å². The van der Waals surface area contributed by atoms with Crippen molar-refractivity contribution in [3.8, 4) is 17.0 Å². The zero-order valence-electron chi connectivity index (χ0n) is 27.2. The van der Waals surface area contributed by atoms with E-state index < -0.39 is 0 Å². The van der Waals surface area contributed by atoms with Gasteiger partial charge in [0.2, 0.25) is 5.95 Å². The van der Waals surface area contributed by atoms with Crippen LogP contribution in [0, 0.1) is 25.2 Å². The summed E-state index contributed by atoms with van der Waals surface area (Å²) in [6, 6.07) is 16.2. The lowest BCUT2D eigenvalue weighted by Crippen LogP contribution is -2.45. The van der Waals surface area contributed by atoms with Crippen LogP contribution < -0.4 is 9.46 Å². The van der Waals surface area contributed by atoms with Crippen LogP contribution in [0.15, 0.2) is 65.8 Å². The molecule has 0 radical (unpaired) electrons. The number of carbonyl (C=O) groups is 1. The molecule has 45 heavy (non-hydrogen) atoms. The zero-order chi connectivity index (χ0) is 31.9. The summed E-state index contributed by atoms with van der Waals surface area (Å²) in [5.74, 6) is 2.07. The summed E-state index contributed by atoms with van der Waals surface area (Å²) in [6.07, 6.45) is 5.81. The van der Waals surface area contributed by atoms with Crippen molar-refractivity contribution in [3.63, 3.8) is 0 Å². The summed E-state index contributed by atoms with van der Waals surface area (Å²) in [5.41, 5.74) is 5.62. The lowest BCUT2D eigenvalue weighted by molar-refractivity contribution is 0.0546. The fourth-order valence-electron chi connectivity index (χ4n) is 6.76. The number of fused-ring (bicyclic) bond motifs is 4. The lowest BCUT2D eigenvalue weighted by Gasteiger charge is -2.36. The fourth-order valence-corrected chi connectivity index (χ4v) is 7.40. The van der Waals surface area contributed by atoms with E-state index in [1.807, 2.05) is 43.0 Å². The molecule has 234 valence electrons. The van der Waals surface area contributed by atoms with E-state index in [4.69, 9.17) is 14.7 Å². The van der Waals surface area contributed by atoms with Crippen molar-refractivity contribution < 1.29 is 9.53 Å². The maximum Gasteiger partial charge on any atom is 0.254 e. The molecular formula is C36H42N6O2S. The van der Waals surface area contributed by atoms with Gasteiger partial charge in [-0.05, 0) is 106 Å². The quantitative estimate of drug-likeness (QED) is 0.225. The minimum absolute atomic E-state index is 0.00180. The third-order valence-electron chi connectivity index (χ3n) is 8.90. The number of benzene rings is 2. The molecule has 1 spiro atoms. The van der Waals surface area contributed by atoms with E-state index in [2.05, 4.69) is 73.6 Å². The molecule has 1 aliphatic heterocycles. The predicted octanol–water partition coefficient (Wildman–Crippen LogP) is 7.85. The number of ether oxygens (including phenoxy) is 1. The van der Waals surface area contributed by atoms with Crippen molar-refractivity contribution >= 4 is 23.8 Å². The third kappa shape index (κ3) is 6.54. The molecule has 2 aliphatic rings. The number of hydrogen-bond acceptors (Lipinski definition) is 8. The second-order valence-corrected chi connectivity index (χ2v) is 14.6. The minimum atomic E-state index is -0.375. The lowest BCUT2D eigenvalue weighted by atomic mass is 9.85. The van der Waals surface area contributed by atoms with Crippen LogP contribution in [0.1, 0.15) is 80.5 Å². The SMILES string of the molecule is Cc1cccc(C)c1-c1cc2nc(n1)NSc1cccc(c1)C(=O)N(Cc1ncc(OC(C)C)cn1)[C@]1(CC2)CC1C(C)(C)C. The number of aromatic nitrogens is 4. The summed E-state index contributed by atoms with van der Waals surface area (Å²) in [6.45, 7) is 15.3. The van der Waals surface area contributed by atoms with E-state index in [0.717, 1.165) is 34.7 Å². The van der Waals surface area contributed by atoms with E-state index in [1.54, 1.807) is 12.4 Å². The van der Waals surface area contributed by atoms with Crippen molar-refractivity contribution in [1.82, 2.24) is 24.8 Å². The molecule has 1 aliphatic carbocycles. The van der Waals surface area contributed by atoms with E-state index in [1.165, 1.54) is 23.1 Å². The second kappa shape index (κ2) is 12.1. The van der Waals surface area contributed by atoms with Crippen LogP contribution >= 0.6 is 11.9 Å². The van der Waals surface area contributed by atoms with Gasteiger partial charge in [0.25, 0.3) is 5.91 Å². The van der Waals surface area contributed by atoms with Crippen LogP contribution in [0.3, 0.4) is 0 Å². The highest BCUT2D eigenvalue weighted by Gasteiger charge is 2.63. The molecular weight excluding hydrogens is 581 g/mol. The van der Waals surface area contributed by atoms with Crippen molar-refractivity contribution in [2.24, 2.45) is 11.3 Å². The molecule has 4 aromatic rings. The highest BCUT2D eigenvalue weighted by atomic mass is 32.2. The molecule has 2 aromatic heterocycles. The van der Waals surface area contributed by atoms with Gasteiger partial charge in [-0.25, -0.2) is 19.9 Å². The molecule has 2 aromatic carbocycles. The summed E-state index contributed by atoms with van der Waals surface area (Å²) >= 11 is 1.42. The third-order valence-corrected chi connectivity index (χ3v) is 9.67. The number of carbonyl (C=O) groups excluding carboxylic acids is 1. The van der Waals surface area contributed by atoms with Gasteiger partial charge >= 0.3 is 0 Å². The molecule has 8 nitrogen and oxygen atoms in total. The normalized spacial score (nSPS) is 19.9. The predicted molar refractivity (Wildman–Crippen MR) is 179 cm³/mol. The van der Waals surface area contributed by atoms with Gasteiger partial charge < -0.3 is 9.64 Å². The van der Waals surface area contributed by atoms with Gasteiger partial charge in [-0.2, -0.15) is 0 Å². The topological polar surface area (TPSA) is 93.1 Å². The van der Waals surface area contributed by atoms with Gasteiger partial charge in [0, 0.05) is 27.3 Å². The summed E-state index contributed by atoms with van der Waals surface area (Å²) in [7, 11) is 0. The number of hydrogen-bond donors (Lipinski definition) is 1. The first-order chi connectivity index (χ1) is 21.4. The van der Waals surface area contributed by atoms with Gasteiger partial charge in [-0.3, -0.25) is 9.52 Å². The van der Waals surface area contributed by atoms with Crippen molar-refractivity contribution in [2.75, 3.05) is 4.72 Å². The minimum Gasteiger partial charge on any atom is -0.488 e. The Balaban J connectivity index is 1.44. The average Bonchev–Trinajstić information content (AvgIpc) is 3.74. The van der Waals surface area contributed by atoms with Crippen LogP contribution in [-0.2, 0) is 13.0 Å². The average molecular weight is 623 g/mol. The Morgan fingerprint density at radius 2 is 1.76 bits per heavy atom. The van der Waals surface area contributed by atoms with Gasteiger partial charge in [0.05, 0.1) is 30.7 Å². The standard InChI is InChI=1S/C36H42N6O2S/c1-22(2)44-27-19-37-31(38-20-27)21-42-33(43)25-12-9-13-28(16-25)45-41-34-39-26(14-15-36(42)18-30(36)35(5,6)7)17-29(40-34)32-23(3)10-8-11-24(32)4/h8-13,16-17,19-20,22,30H,14-15,18,21H2,1-7H3,(H,39,40,41)/t30?,36-/m1/s1. The van der Waals surface area contributed by atoms with Crippen molar-refractivity contribution in [3.05, 3.63) is 89.1 Å². The van der Waals surface area contributed by atoms with E-state index in [-0.39, 0.29) is 23.0 Å². The Morgan fingerprint density at radius 1 is 1.04 bits per heavy atom. The maximum absolute atomic E-state index is 14.5. The molecule has 1 saturated carbocycles. The number of anilines is 1. The molecule has 9 heteroatoms. The van der Waals surface area contributed by atoms with Gasteiger partial charge in [0.15, 0.2) is 5.75 Å². The molecule has 3 heterocycles. The molecule has 1 unspecified atom stereocenters. The Bertz CT molecular complexity index is 1700.